The summed E-state index contributed by atoms with van der Waals surface area (Å²) in [4.78, 5) is 4.29. The van der Waals surface area contributed by atoms with E-state index in [0.717, 1.165) is 29.4 Å². The van der Waals surface area contributed by atoms with Gasteiger partial charge in [0.25, 0.3) is 0 Å². The highest BCUT2D eigenvalue weighted by atomic mass is 16.5. The van der Waals surface area contributed by atoms with E-state index >= 15 is 0 Å². The summed E-state index contributed by atoms with van der Waals surface area (Å²) in [7, 11) is 0. The molecule has 2 aromatic rings. The molecule has 3 heteroatoms. The van der Waals surface area contributed by atoms with Crippen molar-refractivity contribution in [1.82, 2.24) is 4.98 Å². The third-order valence-electron chi connectivity index (χ3n) is 3.99. The minimum absolute atomic E-state index is 0.703. The van der Waals surface area contributed by atoms with Crippen LogP contribution in [-0.4, -0.2) is 11.6 Å². The van der Waals surface area contributed by atoms with Gasteiger partial charge in [-0.25, -0.2) is 4.98 Å². The Kier molecular flexibility index (Phi) is 3.72. The van der Waals surface area contributed by atoms with Crippen LogP contribution in [0.3, 0.4) is 0 Å². The molecule has 0 amide bonds. The van der Waals surface area contributed by atoms with E-state index in [2.05, 4.69) is 4.98 Å². The number of benzene rings is 1. The van der Waals surface area contributed by atoms with Crippen LogP contribution < -0.4 is 4.74 Å². The Morgan fingerprint density at radius 2 is 2.11 bits per heavy atom. The predicted octanol–water partition coefficient (Wildman–Crippen LogP) is 4.49. The van der Waals surface area contributed by atoms with Crippen LogP contribution in [0, 0.1) is 12.8 Å². The van der Waals surface area contributed by atoms with Crippen LogP contribution >= 0.6 is 0 Å². The Hall–Kier alpha value is -1.51. The maximum absolute atomic E-state index is 5.84. The molecule has 0 radical (unpaired) electrons. The zero-order valence-corrected chi connectivity index (χ0v) is 11.5. The molecule has 1 saturated carbocycles. The zero-order valence-electron chi connectivity index (χ0n) is 11.5. The van der Waals surface area contributed by atoms with Gasteiger partial charge in [0.05, 0.1) is 6.61 Å². The van der Waals surface area contributed by atoms with Crippen LogP contribution in [0.2, 0.25) is 0 Å². The summed E-state index contributed by atoms with van der Waals surface area (Å²) < 4.78 is 11.4. The molecule has 0 unspecified atom stereocenters. The molecule has 19 heavy (non-hydrogen) atoms. The fourth-order valence-electron chi connectivity index (χ4n) is 2.93. The predicted molar refractivity (Wildman–Crippen MR) is 75.4 cm³/mol. The highest BCUT2D eigenvalue weighted by Gasteiger charge is 2.13. The Labute approximate surface area is 114 Å². The van der Waals surface area contributed by atoms with Crippen LogP contribution in [0.4, 0.5) is 0 Å². The third-order valence-corrected chi connectivity index (χ3v) is 3.99. The monoisotopic (exact) mass is 259 g/mol. The second-order valence-electron chi connectivity index (χ2n) is 5.50. The molecule has 0 atom stereocenters. The van der Waals surface area contributed by atoms with Crippen molar-refractivity contribution in [1.29, 1.82) is 0 Å². The van der Waals surface area contributed by atoms with Gasteiger partial charge in [0.1, 0.15) is 11.3 Å². The Balaban J connectivity index is 1.55. The van der Waals surface area contributed by atoms with Gasteiger partial charge in [0, 0.05) is 13.0 Å². The number of hydrogen-bond acceptors (Lipinski definition) is 3. The number of rotatable bonds is 4. The first-order valence-corrected chi connectivity index (χ1v) is 7.31. The largest absolute Gasteiger partial charge is 0.493 e. The van der Waals surface area contributed by atoms with Gasteiger partial charge in [-0.1, -0.05) is 32.1 Å². The van der Waals surface area contributed by atoms with E-state index in [-0.39, 0.29) is 0 Å². The first-order chi connectivity index (χ1) is 9.31. The standard InChI is InChI=1S/C16H21NO2/c1-12-17-15-8-7-14(11-16(15)19-12)18-10-9-13-5-3-2-4-6-13/h7-8,11,13H,2-6,9-10H2,1H3. The second-order valence-corrected chi connectivity index (χ2v) is 5.50. The zero-order chi connectivity index (χ0) is 13.1. The van der Waals surface area contributed by atoms with E-state index in [1.165, 1.54) is 38.5 Å². The molecule has 0 aliphatic heterocycles. The number of hydrogen-bond donors (Lipinski definition) is 0. The fraction of sp³-hybridized carbons (Fsp3) is 0.562. The number of ether oxygens (including phenoxy) is 1. The molecule has 0 bridgehead atoms. The lowest BCUT2D eigenvalue weighted by Gasteiger charge is -2.21. The topological polar surface area (TPSA) is 35.3 Å². The smallest absolute Gasteiger partial charge is 0.192 e. The van der Waals surface area contributed by atoms with Gasteiger partial charge < -0.3 is 9.15 Å². The van der Waals surface area contributed by atoms with E-state index in [9.17, 15) is 0 Å². The molecule has 3 nitrogen and oxygen atoms in total. The van der Waals surface area contributed by atoms with E-state index in [1.54, 1.807) is 0 Å². The summed E-state index contributed by atoms with van der Waals surface area (Å²) in [6.07, 6.45) is 8.14. The normalized spacial score (nSPS) is 16.9. The number of aromatic nitrogens is 1. The van der Waals surface area contributed by atoms with E-state index in [1.807, 2.05) is 25.1 Å². The lowest BCUT2D eigenvalue weighted by Crippen LogP contribution is -2.10. The van der Waals surface area contributed by atoms with E-state index in [0.29, 0.717) is 5.89 Å². The van der Waals surface area contributed by atoms with E-state index in [4.69, 9.17) is 9.15 Å². The first kappa shape index (κ1) is 12.5. The number of aryl methyl sites for hydroxylation is 1. The summed E-state index contributed by atoms with van der Waals surface area (Å²) in [5.74, 6) is 2.46. The minimum Gasteiger partial charge on any atom is -0.493 e. The molecule has 102 valence electrons. The van der Waals surface area contributed by atoms with Gasteiger partial charge in [-0.3, -0.25) is 0 Å². The van der Waals surface area contributed by atoms with Crippen molar-refractivity contribution >= 4 is 11.1 Å². The van der Waals surface area contributed by atoms with E-state index < -0.39 is 0 Å². The lowest BCUT2D eigenvalue weighted by molar-refractivity contribution is 0.246. The SMILES string of the molecule is Cc1nc2ccc(OCCC3CCCCC3)cc2o1. The molecule has 1 aliphatic rings. The van der Waals surface area contributed by atoms with Crippen LogP contribution in [-0.2, 0) is 0 Å². The van der Waals surface area contributed by atoms with Gasteiger partial charge >= 0.3 is 0 Å². The maximum Gasteiger partial charge on any atom is 0.192 e. The molecule has 3 rings (SSSR count). The molecule has 0 N–H and O–H groups in total. The molecule has 1 heterocycles. The van der Waals surface area contributed by atoms with Gasteiger partial charge in [0.2, 0.25) is 0 Å². The molecular formula is C16H21NO2. The molecule has 1 aliphatic carbocycles. The highest BCUT2D eigenvalue weighted by molar-refractivity contribution is 5.74. The summed E-state index contributed by atoms with van der Waals surface area (Å²) >= 11 is 0. The number of oxazole rings is 1. The number of nitrogens with zero attached hydrogens (tertiary/aromatic N) is 1. The average Bonchev–Trinajstić information content (AvgIpc) is 2.79. The van der Waals surface area contributed by atoms with Crippen LogP contribution in [0.1, 0.15) is 44.4 Å². The van der Waals surface area contributed by atoms with Gasteiger partial charge in [-0.15, -0.1) is 0 Å². The summed E-state index contributed by atoms with van der Waals surface area (Å²) in [6.45, 7) is 2.67. The Morgan fingerprint density at radius 3 is 2.95 bits per heavy atom. The molecule has 0 saturated heterocycles. The van der Waals surface area contributed by atoms with Crippen molar-refractivity contribution in [3.05, 3.63) is 24.1 Å². The van der Waals surface area contributed by atoms with Crippen molar-refractivity contribution in [3.8, 4) is 5.75 Å². The van der Waals surface area contributed by atoms with Crippen molar-refractivity contribution in [2.75, 3.05) is 6.61 Å². The maximum atomic E-state index is 5.84. The van der Waals surface area contributed by atoms with Crippen LogP contribution in [0.25, 0.3) is 11.1 Å². The number of fused-ring (bicyclic) bond motifs is 1. The Morgan fingerprint density at radius 1 is 1.26 bits per heavy atom. The molecule has 0 spiro atoms. The second kappa shape index (κ2) is 5.64. The van der Waals surface area contributed by atoms with Gasteiger partial charge in [-0.05, 0) is 24.5 Å². The van der Waals surface area contributed by atoms with Crippen molar-refractivity contribution < 1.29 is 9.15 Å². The fourth-order valence-corrected chi connectivity index (χ4v) is 2.93. The van der Waals surface area contributed by atoms with Crippen molar-refractivity contribution in [2.45, 2.75) is 45.4 Å². The minimum atomic E-state index is 0.703. The summed E-state index contributed by atoms with van der Waals surface area (Å²) in [5, 5.41) is 0. The molecular weight excluding hydrogens is 238 g/mol. The summed E-state index contributed by atoms with van der Waals surface area (Å²) in [6, 6.07) is 5.88. The van der Waals surface area contributed by atoms with Crippen molar-refractivity contribution in [2.24, 2.45) is 5.92 Å². The first-order valence-electron chi connectivity index (χ1n) is 7.31. The Bertz CT molecular complexity index is 541. The van der Waals surface area contributed by atoms with Gasteiger partial charge in [0.15, 0.2) is 11.5 Å². The lowest BCUT2D eigenvalue weighted by atomic mass is 9.87. The molecule has 1 aromatic heterocycles. The summed E-state index contributed by atoms with van der Waals surface area (Å²) in [5.41, 5.74) is 1.71. The van der Waals surface area contributed by atoms with Crippen LogP contribution in [0.15, 0.2) is 22.6 Å². The quantitative estimate of drug-likeness (QED) is 0.811. The highest BCUT2D eigenvalue weighted by Crippen LogP contribution is 2.27. The van der Waals surface area contributed by atoms with Crippen LogP contribution in [0.5, 0.6) is 5.75 Å². The molecule has 1 fully saturated rings. The average molecular weight is 259 g/mol. The molecule has 1 aromatic carbocycles. The van der Waals surface area contributed by atoms with Crippen molar-refractivity contribution in [3.63, 3.8) is 0 Å². The third kappa shape index (κ3) is 3.09. The van der Waals surface area contributed by atoms with Gasteiger partial charge in [-0.2, -0.15) is 0 Å².